The van der Waals surface area contributed by atoms with Gasteiger partial charge in [0.15, 0.2) is 0 Å². The summed E-state index contributed by atoms with van der Waals surface area (Å²) in [4.78, 5) is 23.4. The number of ether oxygens (including phenoxy) is 1. The lowest BCUT2D eigenvalue weighted by molar-refractivity contribution is -0.159. The van der Waals surface area contributed by atoms with Crippen molar-refractivity contribution >= 4 is 17.4 Å². The molecule has 0 fully saturated rings. The van der Waals surface area contributed by atoms with Gasteiger partial charge in [-0.15, -0.1) is 0 Å². The predicted octanol–water partition coefficient (Wildman–Crippen LogP) is 3.66. The van der Waals surface area contributed by atoms with Gasteiger partial charge < -0.3 is 9.26 Å². The van der Waals surface area contributed by atoms with Gasteiger partial charge >= 0.3 is 12.1 Å². The van der Waals surface area contributed by atoms with Crippen LogP contribution in [0.25, 0.3) is 11.4 Å². The molecule has 148 valence electrons. The van der Waals surface area contributed by atoms with Gasteiger partial charge in [-0.3, -0.25) is 9.78 Å². The molecule has 0 amide bonds. The molecule has 0 unspecified atom stereocenters. The van der Waals surface area contributed by atoms with Crippen LogP contribution in [0, 0.1) is 5.82 Å². The van der Waals surface area contributed by atoms with Crippen LogP contribution in [0.4, 0.5) is 23.2 Å². The normalized spacial score (nSPS) is 13.8. The number of rotatable bonds is 3. The average Bonchev–Trinajstić information content (AvgIpc) is 3.18. The van der Waals surface area contributed by atoms with E-state index in [9.17, 15) is 22.4 Å². The minimum Gasteiger partial charge on any atom is -0.469 e. The molecule has 3 aromatic rings. The van der Waals surface area contributed by atoms with Crippen LogP contribution < -0.4 is 0 Å². The molecule has 4 rings (SSSR count). The van der Waals surface area contributed by atoms with Crippen LogP contribution in [0.15, 0.2) is 46.0 Å². The summed E-state index contributed by atoms with van der Waals surface area (Å²) in [6.07, 6.45) is -3.44. The van der Waals surface area contributed by atoms with Crippen LogP contribution >= 0.6 is 0 Å². The van der Waals surface area contributed by atoms with Gasteiger partial charge in [-0.25, -0.2) is 9.38 Å². The first-order valence-electron chi connectivity index (χ1n) is 8.19. The third kappa shape index (κ3) is 3.98. The molecule has 0 radical (unpaired) electrons. The van der Waals surface area contributed by atoms with Crippen molar-refractivity contribution in [2.45, 2.75) is 19.2 Å². The van der Waals surface area contributed by atoms with Crippen molar-refractivity contribution in [1.29, 1.82) is 0 Å². The highest BCUT2D eigenvalue weighted by Crippen LogP contribution is 2.29. The fraction of sp³-hybridized carbons (Fsp3) is 0.167. The van der Waals surface area contributed by atoms with Gasteiger partial charge in [-0.1, -0.05) is 11.2 Å². The maximum Gasteiger partial charge on any atom is 0.471 e. The van der Waals surface area contributed by atoms with Gasteiger partial charge in [0.25, 0.3) is 5.90 Å². The third-order valence-electron chi connectivity index (χ3n) is 3.97. The quantitative estimate of drug-likeness (QED) is 0.617. The van der Waals surface area contributed by atoms with Crippen LogP contribution in [0.5, 0.6) is 0 Å². The number of benzene rings is 1. The minimum absolute atomic E-state index is 0.0418. The van der Waals surface area contributed by atoms with E-state index in [2.05, 4.69) is 24.6 Å². The molecule has 1 aromatic carbocycles. The summed E-state index contributed by atoms with van der Waals surface area (Å²) < 4.78 is 60.4. The molecular formula is C18H10F4N4O3. The number of hydrogen-bond donors (Lipinski definition) is 0. The number of aromatic nitrogens is 3. The largest absolute Gasteiger partial charge is 0.471 e. The van der Waals surface area contributed by atoms with Crippen LogP contribution in [0.1, 0.15) is 17.1 Å². The molecule has 0 N–H and O–H groups in total. The number of Topliss-reactive ketones (excluding diaryl/α,β-unsaturated/α-hetero) is 1. The maximum absolute atomic E-state index is 13.3. The lowest BCUT2D eigenvalue weighted by Crippen LogP contribution is -2.23. The van der Waals surface area contributed by atoms with Crippen LogP contribution in [0.3, 0.4) is 0 Å². The molecular weight excluding hydrogens is 396 g/mol. The number of ketones is 1. The second-order valence-electron chi connectivity index (χ2n) is 6.04. The number of carbonyl (C=O) groups is 1. The van der Waals surface area contributed by atoms with E-state index in [4.69, 9.17) is 4.74 Å². The first kappa shape index (κ1) is 18.7. The molecule has 2 aromatic heterocycles. The van der Waals surface area contributed by atoms with E-state index in [1.165, 1.54) is 36.5 Å². The Hall–Kier alpha value is -3.63. The van der Waals surface area contributed by atoms with Crippen molar-refractivity contribution in [2.24, 2.45) is 4.99 Å². The van der Waals surface area contributed by atoms with Crippen molar-refractivity contribution in [1.82, 2.24) is 15.1 Å². The van der Waals surface area contributed by atoms with Crippen molar-refractivity contribution < 1.29 is 31.6 Å². The zero-order valence-electron chi connectivity index (χ0n) is 14.4. The zero-order chi connectivity index (χ0) is 20.6. The standard InChI is InChI=1S/C18H10F4N4O3/c19-11-3-1-9-5-14(27)16(24-13(9)6-11)28-8-12-4-2-10(7-23-12)15-25-17(29-26-15)18(20,21)22/h1-4,6-7H,5,8H2. The highest BCUT2D eigenvalue weighted by atomic mass is 19.4. The number of hydrogen-bond acceptors (Lipinski definition) is 7. The lowest BCUT2D eigenvalue weighted by atomic mass is 10.0. The van der Waals surface area contributed by atoms with Crippen LogP contribution in [-0.2, 0) is 28.7 Å². The number of carbonyl (C=O) groups excluding carboxylic acids is 1. The molecule has 11 heteroatoms. The Morgan fingerprint density at radius 1 is 1.17 bits per heavy atom. The van der Waals surface area contributed by atoms with Gasteiger partial charge in [0.05, 0.1) is 11.4 Å². The Morgan fingerprint density at radius 2 is 2.00 bits per heavy atom. The Balaban J connectivity index is 1.46. The molecule has 0 aliphatic carbocycles. The third-order valence-corrected chi connectivity index (χ3v) is 3.97. The van der Waals surface area contributed by atoms with Crippen molar-refractivity contribution in [3.63, 3.8) is 0 Å². The van der Waals surface area contributed by atoms with Crippen molar-refractivity contribution in [3.8, 4) is 11.4 Å². The number of aliphatic imine (C=N–C) groups is 1. The van der Waals surface area contributed by atoms with Gasteiger partial charge in [-0.05, 0) is 29.8 Å². The summed E-state index contributed by atoms with van der Waals surface area (Å²) in [5.41, 5.74) is 1.52. The zero-order valence-corrected chi connectivity index (χ0v) is 14.4. The van der Waals surface area contributed by atoms with Gasteiger partial charge in [-0.2, -0.15) is 18.2 Å². The number of alkyl halides is 3. The van der Waals surface area contributed by atoms with Gasteiger partial charge in [0.1, 0.15) is 12.4 Å². The second kappa shape index (κ2) is 7.08. The highest BCUT2D eigenvalue weighted by Gasteiger charge is 2.38. The number of fused-ring (bicyclic) bond motifs is 1. The fourth-order valence-electron chi connectivity index (χ4n) is 2.56. The van der Waals surface area contributed by atoms with Crippen molar-refractivity contribution in [2.75, 3.05) is 0 Å². The van der Waals surface area contributed by atoms with E-state index in [0.29, 0.717) is 16.9 Å². The van der Waals surface area contributed by atoms with E-state index in [-0.39, 0.29) is 36.1 Å². The summed E-state index contributed by atoms with van der Waals surface area (Å²) >= 11 is 0. The van der Waals surface area contributed by atoms with Crippen LogP contribution in [-0.4, -0.2) is 26.8 Å². The Labute approximate surface area is 160 Å². The number of pyridine rings is 1. The molecule has 1 aliphatic rings. The molecule has 0 saturated heterocycles. The van der Waals surface area contributed by atoms with Crippen LogP contribution in [0.2, 0.25) is 0 Å². The summed E-state index contributed by atoms with van der Waals surface area (Å²) in [5, 5.41) is 3.27. The molecule has 1 aliphatic heterocycles. The maximum atomic E-state index is 13.3. The second-order valence-corrected chi connectivity index (χ2v) is 6.04. The Kier molecular flexibility index (Phi) is 4.57. The summed E-state index contributed by atoms with van der Waals surface area (Å²) in [6, 6.07) is 6.86. The predicted molar refractivity (Wildman–Crippen MR) is 89.5 cm³/mol. The summed E-state index contributed by atoms with van der Waals surface area (Å²) in [6.45, 7) is -0.116. The first-order chi connectivity index (χ1) is 13.8. The minimum atomic E-state index is -4.73. The number of nitrogens with zero attached hydrogens (tertiary/aromatic N) is 4. The van der Waals surface area contributed by atoms with E-state index in [1.807, 2.05) is 0 Å². The SMILES string of the molecule is O=C1Cc2ccc(F)cc2N=C1OCc1ccc(-c2noc(C(F)(F)F)n2)cn1. The van der Waals surface area contributed by atoms with E-state index in [1.54, 1.807) is 0 Å². The summed E-state index contributed by atoms with van der Waals surface area (Å²) in [7, 11) is 0. The molecule has 29 heavy (non-hydrogen) atoms. The van der Waals surface area contributed by atoms with E-state index < -0.39 is 17.9 Å². The summed E-state index contributed by atoms with van der Waals surface area (Å²) in [5.74, 6) is -2.71. The first-order valence-corrected chi connectivity index (χ1v) is 8.19. The van der Waals surface area contributed by atoms with Gasteiger partial charge in [0, 0.05) is 18.2 Å². The monoisotopic (exact) mass is 406 g/mol. The molecule has 3 heterocycles. The average molecular weight is 406 g/mol. The number of halogens is 4. The topological polar surface area (TPSA) is 90.5 Å². The van der Waals surface area contributed by atoms with Crippen molar-refractivity contribution in [3.05, 3.63) is 59.5 Å². The molecule has 7 nitrogen and oxygen atoms in total. The Bertz CT molecular complexity index is 1110. The van der Waals surface area contributed by atoms with E-state index in [0.717, 1.165) is 0 Å². The molecule has 0 spiro atoms. The lowest BCUT2D eigenvalue weighted by Gasteiger charge is -2.15. The Morgan fingerprint density at radius 3 is 2.69 bits per heavy atom. The highest BCUT2D eigenvalue weighted by molar-refractivity contribution is 6.38. The van der Waals surface area contributed by atoms with Gasteiger partial charge in [0.2, 0.25) is 11.6 Å². The molecule has 0 atom stereocenters. The molecule has 0 bridgehead atoms. The molecule has 0 saturated carbocycles. The van der Waals surface area contributed by atoms with E-state index >= 15 is 0 Å². The fourth-order valence-corrected chi connectivity index (χ4v) is 2.56. The smallest absolute Gasteiger partial charge is 0.469 e.